The van der Waals surface area contributed by atoms with E-state index in [1.807, 2.05) is 20.8 Å². The summed E-state index contributed by atoms with van der Waals surface area (Å²) in [5.74, 6) is -0.526. The number of likely N-dealkylation sites (tertiary alicyclic amines) is 1. The Morgan fingerprint density at radius 2 is 1.97 bits per heavy atom. The summed E-state index contributed by atoms with van der Waals surface area (Å²) in [7, 11) is 0. The van der Waals surface area contributed by atoms with Crippen molar-refractivity contribution in [1.82, 2.24) is 9.88 Å². The fourth-order valence-electron chi connectivity index (χ4n) is 4.58. The van der Waals surface area contributed by atoms with Crippen LogP contribution in [0.4, 0.5) is 14.9 Å². The normalized spacial score (nSPS) is 20.8. The Hall–Kier alpha value is -2.67. The molecular formula is C24H27ClFN3O3. The van der Waals surface area contributed by atoms with Crippen LogP contribution in [0.3, 0.4) is 0 Å². The second-order valence-corrected chi connectivity index (χ2v) is 9.81. The molecule has 1 aromatic heterocycles. The fraction of sp³-hybridized carbons (Fsp3) is 0.458. The zero-order chi connectivity index (χ0) is 23.0. The lowest BCUT2D eigenvalue weighted by molar-refractivity contribution is 0.0153. The van der Waals surface area contributed by atoms with Crippen molar-refractivity contribution in [3.8, 4) is 0 Å². The number of benzene rings is 1. The SMILES string of the molecule is CC(C)(C)OC(=O)N1CCCC(C2CN(C(=O)c3ccnc(Cl)c3)c3ccc(F)cc32)C1. The summed E-state index contributed by atoms with van der Waals surface area (Å²) in [6.45, 7) is 7.10. The van der Waals surface area contributed by atoms with E-state index in [0.29, 0.717) is 30.9 Å². The molecule has 2 atom stereocenters. The first-order valence-corrected chi connectivity index (χ1v) is 11.2. The van der Waals surface area contributed by atoms with Crippen molar-refractivity contribution in [3.63, 3.8) is 0 Å². The molecule has 170 valence electrons. The van der Waals surface area contributed by atoms with E-state index in [0.717, 1.165) is 18.4 Å². The Morgan fingerprint density at radius 3 is 2.69 bits per heavy atom. The molecule has 32 heavy (non-hydrogen) atoms. The molecule has 1 saturated heterocycles. The minimum atomic E-state index is -0.567. The van der Waals surface area contributed by atoms with Gasteiger partial charge in [0.15, 0.2) is 0 Å². The molecule has 0 spiro atoms. The molecule has 4 rings (SSSR count). The van der Waals surface area contributed by atoms with Crippen LogP contribution in [0.2, 0.25) is 5.15 Å². The third kappa shape index (κ3) is 4.72. The van der Waals surface area contributed by atoms with Crippen LogP contribution in [0.1, 0.15) is 55.5 Å². The lowest BCUT2D eigenvalue weighted by atomic mass is 9.82. The van der Waals surface area contributed by atoms with Gasteiger partial charge in [-0.15, -0.1) is 0 Å². The molecule has 0 radical (unpaired) electrons. The summed E-state index contributed by atoms with van der Waals surface area (Å²) in [5, 5.41) is 0.242. The third-order valence-corrected chi connectivity index (χ3v) is 6.16. The molecule has 0 aliphatic carbocycles. The van der Waals surface area contributed by atoms with Crippen molar-refractivity contribution in [2.45, 2.75) is 45.1 Å². The third-order valence-electron chi connectivity index (χ3n) is 5.96. The van der Waals surface area contributed by atoms with Crippen molar-refractivity contribution >= 4 is 29.3 Å². The first kappa shape index (κ1) is 22.5. The van der Waals surface area contributed by atoms with Gasteiger partial charge in [0.2, 0.25) is 0 Å². The molecule has 1 aromatic carbocycles. The van der Waals surface area contributed by atoms with Crippen LogP contribution in [0, 0.1) is 11.7 Å². The van der Waals surface area contributed by atoms with E-state index in [4.69, 9.17) is 16.3 Å². The van der Waals surface area contributed by atoms with Gasteiger partial charge in [-0.05, 0) is 75.4 Å². The summed E-state index contributed by atoms with van der Waals surface area (Å²) in [5.41, 5.74) is 1.36. The van der Waals surface area contributed by atoms with Crippen LogP contribution in [0.25, 0.3) is 0 Å². The highest BCUT2D eigenvalue weighted by Gasteiger charge is 2.40. The Balaban J connectivity index is 1.59. The quantitative estimate of drug-likeness (QED) is 0.574. The van der Waals surface area contributed by atoms with Gasteiger partial charge in [0.05, 0.1) is 0 Å². The molecule has 0 saturated carbocycles. The molecular weight excluding hydrogens is 433 g/mol. The van der Waals surface area contributed by atoms with Crippen LogP contribution in [-0.4, -0.2) is 47.1 Å². The number of hydrogen-bond acceptors (Lipinski definition) is 4. The molecule has 1 fully saturated rings. The number of hydrogen-bond donors (Lipinski definition) is 0. The minimum Gasteiger partial charge on any atom is -0.444 e. The maximum atomic E-state index is 14.2. The van der Waals surface area contributed by atoms with Gasteiger partial charge in [0.25, 0.3) is 5.91 Å². The Labute approximate surface area is 192 Å². The van der Waals surface area contributed by atoms with Gasteiger partial charge in [0, 0.05) is 43.0 Å². The number of pyridine rings is 1. The number of ether oxygens (including phenoxy) is 1. The van der Waals surface area contributed by atoms with E-state index in [1.165, 1.54) is 24.4 Å². The number of nitrogens with zero attached hydrogens (tertiary/aromatic N) is 3. The Morgan fingerprint density at radius 1 is 1.19 bits per heavy atom. The Bertz CT molecular complexity index is 1040. The number of carbonyl (C=O) groups excluding carboxylic acids is 2. The zero-order valence-corrected chi connectivity index (χ0v) is 19.2. The molecule has 8 heteroatoms. The molecule has 2 amide bonds. The molecule has 2 aromatic rings. The van der Waals surface area contributed by atoms with Crippen LogP contribution in [-0.2, 0) is 4.74 Å². The summed E-state index contributed by atoms with van der Waals surface area (Å²) < 4.78 is 19.7. The molecule has 2 unspecified atom stereocenters. The number of fused-ring (bicyclic) bond motifs is 1. The van der Waals surface area contributed by atoms with Crippen molar-refractivity contribution in [1.29, 1.82) is 0 Å². The summed E-state index contributed by atoms with van der Waals surface area (Å²) >= 11 is 5.98. The van der Waals surface area contributed by atoms with Gasteiger partial charge in [-0.25, -0.2) is 14.2 Å². The van der Waals surface area contributed by atoms with Gasteiger partial charge in [0.1, 0.15) is 16.6 Å². The number of halogens is 2. The van der Waals surface area contributed by atoms with Crippen LogP contribution >= 0.6 is 11.6 Å². The first-order valence-electron chi connectivity index (χ1n) is 10.8. The van der Waals surface area contributed by atoms with Crippen molar-refractivity contribution in [3.05, 3.63) is 58.6 Å². The lowest BCUT2D eigenvalue weighted by Gasteiger charge is -2.36. The fourth-order valence-corrected chi connectivity index (χ4v) is 4.75. The largest absolute Gasteiger partial charge is 0.444 e. The number of amides is 2. The van der Waals surface area contributed by atoms with E-state index in [2.05, 4.69) is 4.98 Å². The van der Waals surface area contributed by atoms with Crippen LogP contribution in [0.5, 0.6) is 0 Å². The van der Waals surface area contributed by atoms with E-state index >= 15 is 0 Å². The molecule has 0 bridgehead atoms. The smallest absolute Gasteiger partial charge is 0.410 e. The molecule has 6 nitrogen and oxygen atoms in total. The topological polar surface area (TPSA) is 62.7 Å². The summed E-state index contributed by atoms with van der Waals surface area (Å²) in [4.78, 5) is 33.2. The lowest BCUT2D eigenvalue weighted by Crippen LogP contribution is -2.44. The standard InChI is InChI=1S/C24H27ClFN3O3/c1-24(2,3)32-23(31)28-10-4-5-16(13-28)19-14-29(20-7-6-17(26)12-18(19)20)22(30)15-8-9-27-21(25)11-15/h6-9,11-12,16,19H,4-5,10,13-14H2,1-3H3. The van der Waals surface area contributed by atoms with Gasteiger partial charge < -0.3 is 14.5 Å². The van der Waals surface area contributed by atoms with Crippen molar-refractivity contribution in [2.24, 2.45) is 5.92 Å². The number of anilines is 1. The summed E-state index contributed by atoms with van der Waals surface area (Å²) in [6.07, 6.45) is 2.88. The predicted octanol–water partition coefficient (Wildman–Crippen LogP) is 5.27. The van der Waals surface area contributed by atoms with E-state index in [-0.39, 0.29) is 34.8 Å². The second-order valence-electron chi connectivity index (χ2n) is 9.42. The number of carbonyl (C=O) groups is 2. The van der Waals surface area contributed by atoms with Crippen molar-refractivity contribution in [2.75, 3.05) is 24.5 Å². The van der Waals surface area contributed by atoms with E-state index < -0.39 is 5.60 Å². The zero-order valence-electron chi connectivity index (χ0n) is 18.5. The maximum Gasteiger partial charge on any atom is 0.410 e. The first-order chi connectivity index (χ1) is 15.1. The Kier molecular flexibility index (Phi) is 6.12. The van der Waals surface area contributed by atoms with Gasteiger partial charge in [-0.1, -0.05) is 11.6 Å². The molecule has 3 heterocycles. The van der Waals surface area contributed by atoms with Crippen LogP contribution in [0.15, 0.2) is 36.5 Å². The summed E-state index contributed by atoms with van der Waals surface area (Å²) in [6, 6.07) is 7.69. The maximum absolute atomic E-state index is 14.2. The predicted molar refractivity (Wildman–Crippen MR) is 121 cm³/mol. The minimum absolute atomic E-state index is 0.0767. The highest BCUT2D eigenvalue weighted by Crippen LogP contribution is 2.44. The van der Waals surface area contributed by atoms with Gasteiger partial charge in [-0.3, -0.25) is 4.79 Å². The average Bonchev–Trinajstić information content (AvgIpc) is 3.10. The monoisotopic (exact) mass is 459 g/mol. The molecule has 2 aliphatic rings. The number of rotatable bonds is 2. The van der Waals surface area contributed by atoms with Crippen molar-refractivity contribution < 1.29 is 18.7 Å². The number of aromatic nitrogens is 1. The molecule has 0 N–H and O–H groups in total. The van der Waals surface area contributed by atoms with Gasteiger partial charge in [-0.2, -0.15) is 0 Å². The van der Waals surface area contributed by atoms with E-state index in [9.17, 15) is 14.0 Å². The highest BCUT2D eigenvalue weighted by atomic mass is 35.5. The van der Waals surface area contributed by atoms with Gasteiger partial charge >= 0.3 is 6.09 Å². The van der Waals surface area contributed by atoms with Crippen LogP contribution < -0.4 is 4.90 Å². The highest BCUT2D eigenvalue weighted by molar-refractivity contribution is 6.29. The molecule has 2 aliphatic heterocycles. The second kappa shape index (κ2) is 8.70. The number of piperidine rings is 1. The van der Waals surface area contributed by atoms with E-state index in [1.54, 1.807) is 21.9 Å². The average molecular weight is 460 g/mol.